The molecule has 0 N–H and O–H groups in total. The van der Waals surface area contributed by atoms with Gasteiger partial charge in [-0.1, -0.05) is 11.6 Å². The third-order valence-corrected chi connectivity index (χ3v) is 1.78. The molecule has 0 amide bonds. The molecule has 0 radical (unpaired) electrons. The monoisotopic (exact) mass is 220 g/mol. The largest absolute Gasteiger partial charge is 0.417 e. The predicted octanol–water partition coefficient (Wildman–Crippen LogP) is 2.93. The molecule has 1 aromatic rings. The van der Waals surface area contributed by atoms with E-state index >= 15 is 0 Å². The lowest BCUT2D eigenvalue weighted by molar-refractivity contribution is -0.137. The Morgan fingerprint density at radius 3 is 2.50 bits per heavy atom. The minimum absolute atomic E-state index is 0.0210. The number of nitrogens with zero attached hydrogens (tertiary/aromatic N) is 2. The molecule has 6 heteroatoms. The van der Waals surface area contributed by atoms with Gasteiger partial charge in [-0.3, -0.25) is 0 Å². The van der Waals surface area contributed by atoms with Gasteiger partial charge in [0.25, 0.3) is 0 Å². The number of aromatic nitrogens is 1. The van der Waals surface area contributed by atoms with E-state index in [1.165, 1.54) is 13.0 Å². The number of hydrogen-bond donors (Lipinski definition) is 0. The number of pyridine rings is 1. The van der Waals surface area contributed by atoms with Crippen molar-refractivity contribution in [1.82, 2.24) is 4.98 Å². The molecular formula is C8H4ClF3N2. The van der Waals surface area contributed by atoms with Gasteiger partial charge >= 0.3 is 6.18 Å². The summed E-state index contributed by atoms with van der Waals surface area (Å²) in [6, 6.07) is 2.10. The highest BCUT2D eigenvalue weighted by atomic mass is 35.5. The summed E-state index contributed by atoms with van der Waals surface area (Å²) in [7, 11) is 0. The molecule has 0 aliphatic carbocycles. The third-order valence-electron chi connectivity index (χ3n) is 1.59. The fraction of sp³-hybridized carbons (Fsp3) is 0.250. The zero-order chi connectivity index (χ0) is 10.9. The van der Waals surface area contributed by atoms with Crippen LogP contribution < -0.4 is 0 Å². The highest BCUT2D eigenvalue weighted by molar-refractivity contribution is 6.29. The van der Waals surface area contributed by atoms with Crippen molar-refractivity contribution in [2.24, 2.45) is 0 Å². The quantitative estimate of drug-likeness (QED) is 0.631. The number of halogens is 4. The Balaban J connectivity index is 3.50. The maximum absolute atomic E-state index is 12.4. The first-order valence-corrected chi connectivity index (χ1v) is 3.88. The topological polar surface area (TPSA) is 36.7 Å². The van der Waals surface area contributed by atoms with Crippen LogP contribution in [-0.4, -0.2) is 4.98 Å². The van der Waals surface area contributed by atoms with Gasteiger partial charge in [0.2, 0.25) is 0 Å². The fourth-order valence-electron chi connectivity index (χ4n) is 0.999. The van der Waals surface area contributed by atoms with E-state index in [2.05, 4.69) is 4.98 Å². The molecule has 1 aromatic heterocycles. The number of alkyl halides is 3. The van der Waals surface area contributed by atoms with Gasteiger partial charge in [0, 0.05) is 0 Å². The van der Waals surface area contributed by atoms with Crippen molar-refractivity contribution in [2.45, 2.75) is 13.1 Å². The lowest BCUT2D eigenvalue weighted by Crippen LogP contribution is -2.10. The SMILES string of the molecule is Cc1nc(Cl)cc(C(F)(F)F)c1C#N. The van der Waals surface area contributed by atoms with E-state index in [-0.39, 0.29) is 10.8 Å². The maximum Gasteiger partial charge on any atom is 0.417 e. The van der Waals surface area contributed by atoms with Crippen LogP contribution >= 0.6 is 11.6 Å². The first kappa shape index (κ1) is 10.8. The van der Waals surface area contributed by atoms with Crippen LogP contribution in [0.5, 0.6) is 0 Å². The van der Waals surface area contributed by atoms with Crippen LogP contribution in [0.15, 0.2) is 6.07 Å². The van der Waals surface area contributed by atoms with Crippen LogP contribution in [0, 0.1) is 18.3 Å². The Hall–Kier alpha value is -1.28. The zero-order valence-electron chi connectivity index (χ0n) is 6.98. The molecule has 14 heavy (non-hydrogen) atoms. The molecule has 0 aliphatic heterocycles. The van der Waals surface area contributed by atoms with E-state index in [1.54, 1.807) is 0 Å². The molecule has 1 heterocycles. The van der Waals surface area contributed by atoms with Crippen molar-refractivity contribution in [3.05, 3.63) is 28.0 Å². The van der Waals surface area contributed by atoms with Gasteiger partial charge in [-0.05, 0) is 13.0 Å². The van der Waals surface area contributed by atoms with Gasteiger partial charge in [0.15, 0.2) is 0 Å². The first-order valence-electron chi connectivity index (χ1n) is 3.50. The average molecular weight is 221 g/mol. The minimum Gasteiger partial charge on any atom is -0.240 e. The second-order valence-corrected chi connectivity index (χ2v) is 2.95. The van der Waals surface area contributed by atoms with Crippen molar-refractivity contribution in [3.8, 4) is 6.07 Å². The molecule has 2 nitrogen and oxygen atoms in total. The number of aryl methyl sites for hydroxylation is 1. The molecule has 74 valence electrons. The Bertz CT molecular complexity index is 406. The lowest BCUT2D eigenvalue weighted by Gasteiger charge is -2.09. The highest BCUT2D eigenvalue weighted by Crippen LogP contribution is 2.33. The Labute approximate surface area is 82.9 Å². The van der Waals surface area contributed by atoms with Crippen molar-refractivity contribution in [3.63, 3.8) is 0 Å². The predicted molar refractivity (Wildman–Crippen MR) is 43.7 cm³/mol. The van der Waals surface area contributed by atoms with Crippen LogP contribution in [-0.2, 0) is 6.18 Å². The summed E-state index contributed by atoms with van der Waals surface area (Å²) in [6.07, 6.45) is -4.58. The second-order valence-electron chi connectivity index (χ2n) is 2.56. The Morgan fingerprint density at radius 1 is 1.50 bits per heavy atom. The summed E-state index contributed by atoms with van der Waals surface area (Å²) in [5.74, 6) is 0. The maximum atomic E-state index is 12.4. The Morgan fingerprint density at radius 2 is 2.07 bits per heavy atom. The summed E-state index contributed by atoms with van der Waals surface area (Å²) in [5, 5.41) is 8.25. The lowest BCUT2D eigenvalue weighted by atomic mass is 10.1. The summed E-state index contributed by atoms with van der Waals surface area (Å²) in [4.78, 5) is 3.56. The molecule has 0 aliphatic rings. The number of nitriles is 1. The van der Waals surface area contributed by atoms with E-state index in [4.69, 9.17) is 16.9 Å². The number of hydrogen-bond acceptors (Lipinski definition) is 2. The van der Waals surface area contributed by atoms with Crippen LogP contribution in [0.25, 0.3) is 0 Å². The number of rotatable bonds is 0. The minimum atomic E-state index is -4.58. The van der Waals surface area contributed by atoms with E-state index in [0.717, 1.165) is 0 Å². The summed E-state index contributed by atoms with van der Waals surface area (Å²) < 4.78 is 37.1. The molecule has 1 rings (SSSR count). The average Bonchev–Trinajstić information content (AvgIpc) is 2.01. The van der Waals surface area contributed by atoms with E-state index in [1.807, 2.05) is 0 Å². The van der Waals surface area contributed by atoms with Crippen LogP contribution in [0.4, 0.5) is 13.2 Å². The van der Waals surface area contributed by atoms with Gasteiger partial charge in [-0.25, -0.2) is 4.98 Å². The summed E-state index contributed by atoms with van der Waals surface area (Å²) in [5.41, 5.74) is -1.55. The highest BCUT2D eigenvalue weighted by Gasteiger charge is 2.35. The first-order chi connectivity index (χ1) is 6.36. The summed E-state index contributed by atoms with van der Waals surface area (Å²) >= 11 is 5.36. The van der Waals surface area contributed by atoms with E-state index < -0.39 is 17.3 Å². The standard InChI is InChI=1S/C8H4ClF3N2/c1-4-5(3-13)6(8(10,11)12)2-7(9)14-4/h2H,1H3. The van der Waals surface area contributed by atoms with Crippen LogP contribution in [0.3, 0.4) is 0 Å². The molecule has 0 saturated heterocycles. The Kier molecular flexibility index (Phi) is 2.67. The molecule has 0 bridgehead atoms. The van der Waals surface area contributed by atoms with Gasteiger partial charge in [0.1, 0.15) is 11.2 Å². The fourth-order valence-corrected chi connectivity index (χ4v) is 1.24. The molecule has 0 aromatic carbocycles. The van der Waals surface area contributed by atoms with Gasteiger partial charge < -0.3 is 0 Å². The van der Waals surface area contributed by atoms with Crippen LogP contribution in [0.2, 0.25) is 5.15 Å². The van der Waals surface area contributed by atoms with Crippen molar-refractivity contribution < 1.29 is 13.2 Å². The van der Waals surface area contributed by atoms with Crippen molar-refractivity contribution >= 4 is 11.6 Å². The van der Waals surface area contributed by atoms with E-state index in [9.17, 15) is 13.2 Å². The molecule has 0 spiro atoms. The second kappa shape index (κ2) is 3.46. The van der Waals surface area contributed by atoms with Gasteiger partial charge in [0.05, 0.1) is 16.8 Å². The smallest absolute Gasteiger partial charge is 0.240 e. The normalized spacial score (nSPS) is 11.1. The molecule has 0 atom stereocenters. The molecule has 0 fully saturated rings. The third kappa shape index (κ3) is 1.96. The van der Waals surface area contributed by atoms with E-state index in [0.29, 0.717) is 6.07 Å². The van der Waals surface area contributed by atoms with Crippen molar-refractivity contribution in [1.29, 1.82) is 5.26 Å². The molecule has 0 unspecified atom stereocenters. The zero-order valence-corrected chi connectivity index (χ0v) is 7.74. The van der Waals surface area contributed by atoms with Crippen LogP contribution in [0.1, 0.15) is 16.8 Å². The molecule has 0 saturated carbocycles. The summed E-state index contributed by atoms with van der Waals surface area (Å²) in [6.45, 7) is 1.31. The van der Waals surface area contributed by atoms with Gasteiger partial charge in [-0.2, -0.15) is 18.4 Å². The molecular weight excluding hydrogens is 217 g/mol. The van der Waals surface area contributed by atoms with Gasteiger partial charge in [-0.15, -0.1) is 0 Å². The van der Waals surface area contributed by atoms with Crippen molar-refractivity contribution in [2.75, 3.05) is 0 Å².